The zero-order chi connectivity index (χ0) is 21.6. The first kappa shape index (κ1) is 22.5. The quantitative estimate of drug-likeness (QED) is 0.364. The van der Waals surface area contributed by atoms with Gasteiger partial charge < -0.3 is 10.2 Å². The Bertz CT molecular complexity index is 737. The molecular formula is C26H40O3S. The predicted octanol–water partition coefficient (Wildman–Crippen LogP) is 6.24. The maximum Gasteiger partial charge on any atom is 0.309 e. The van der Waals surface area contributed by atoms with Crippen molar-refractivity contribution in [1.29, 1.82) is 0 Å². The molecule has 4 saturated carbocycles. The Hall–Kier alpha value is -0.740. The highest BCUT2D eigenvalue weighted by Gasteiger charge is 2.58. The van der Waals surface area contributed by atoms with Crippen LogP contribution in [0.5, 0.6) is 0 Å². The van der Waals surface area contributed by atoms with Gasteiger partial charge in [0.1, 0.15) is 0 Å². The van der Waals surface area contributed by atoms with E-state index in [1.54, 1.807) is 5.57 Å². The van der Waals surface area contributed by atoms with Crippen molar-refractivity contribution in [3.05, 3.63) is 22.1 Å². The molecule has 0 amide bonds. The van der Waals surface area contributed by atoms with Crippen LogP contribution in [0.3, 0.4) is 0 Å². The molecule has 4 aliphatic carbocycles. The van der Waals surface area contributed by atoms with Gasteiger partial charge in [-0.15, -0.1) is 12.6 Å². The summed E-state index contributed by atoms with van der Waals surface area (Å²) in [7, 11) is 0. The Morgan fingerprint density at radius 3 is 2.50 bits per heavy atom. The van der Waals surface area contributed by atoms with Crippen LogP contribution in [0, 0.1) is 40.9 Å². The third kappa shape index (κ3) is 3.81. The van der Waals surface area contributed by atoms with E-state index in [9.17, 15) is 15.0 Å². The van der Waals surface area contributed by atoms with Gasteiger partial charge >= 0.3 is 5.97 Å². The van der Waals surface area contributed by atoms with Crippen LogP contribution < -0.4 is 0 Å². The number of aliphatic hydroxyl groups excluding tert-OH is 1. The van der Waals surface area contributed by atoms with E-state index in [4.69, 9.17) is 12.6 Å². The largest absolute Gasteiger partial charge is 0.481 e. The molecule has 0 aromatic rings. The van der Waals surface area contributed by atoms with Crippen molar-refractivity contribution in [2.24, 2.45) is 40.9 Å². The van der Waals surface area contributed by atoms with Gasteiger partial charge in [0.25, 0.3) is 0 Å². The summed E-state index contributed by atoms with van der Waals surface area (Å²) in [5, 5.41) is 20.1. The van der Waals surface area contributed by atoms with Gasteiger partial charge in [-0.1, -0.05) is 24.1 Å². The van der Waals surface area contributed by atoms with E-state index in [1.165, 1.54) is 36.2 Å². The molecule has 2 N–H and O–H groups in total. The highest BCUT2D eigenvalue weighted by Crippen LogP contribution is 2.65. The average Bonchev–Trinajstić information content (AvgIpc) is 3.04. The third-order valence-corrected chi connectivity index (χ3v) is 9.99. The zero-order valence-corrected chi connectivity index (χ0v) is 19.8. The number of carboxylic acids is 1. The number of fused-ring (bicyclic) bond motifs is 5. The maximum absolute atomic E-state index is 11.9. The number of carboxylic acid groups (broad SMARTS) is 1. The molecular weight excluding hydrogens is 392 g/mol. The Morgan fingerprint density at radius 1 is 1.10 bits per heavy atom. The van der Waals surface area contributed by atoms with Gasteiger partial charge in [-0.3, -0.25) is 4.79 Å². The van der Waals surface area contributed by atoms with Gasteiger partial charge in [-0.25, -0.2) is 0 Å². The fourth-order valence-electron chi connectivity index (χ4n) is 8.16. The van der Waals surface area contributed by atoms with Crippen LogP contribution in [-0.2, 0) is 4.79 Å². The van der Waals surface area contributed by atoms with Crippen LogP contribution in [-0.4, -0.2) is 22.3 Å². The number of thiol groups is 1. The van der Waals surface area contributed by atoms with Crippen molar-refractivity contribution < 1.29 is 15.0 Å². The van der Waals surface area contributed by atoms with Gasteiger partial charge in [0.2, 0.25) is 0 Å². The lowest BCUT2D eigenvalue weighted by molar-refractivity contribution is -0.161. The Kier molecular flexibility index (Phi) is 6.48. The maximum atomic E-state index is 11.9. The van der Waals surface area contributed by atoms with Crippen LogP contribution in [0.1, 0.15) is 85.0 Å². The highest BCUT2D eigenvalue weighted by atomic mass is 32.1. The van der Waals surface area contributed by atoms with Crippen molar-refractivity contribution in [2.75, 3.05) is 0 Å². The van der Waals surface area contributed by atoms with E-state index in [2.05, 4.69) is 26.8 Å². The molecule has 4 fully saturated rings. The first-order valence-corrected chi connectivity index (χ1v) is 12.6. The minimum absolute atomic E-state index is 0.175. The van der Waals surface area contributed by atoms with Crippen LogP contribution in [0.25, 0.3) is 0 Å². The molecule has 0 aliphatic heterocycles. The second-order valence-electron chi connectivity index (χ2n) is 11.1. The molecule has 3 nitrogen and oxygen atoms in total. The molecule has 4 aliphatic rings. The van der Waals surface area contributed by atoms with Crippen molar-refractivity contribution in [3.63, 3.8) is 0 Å². The molecule has 4 heteroatoms. The summed E-state index contributed by atoms with van der Waals surface area (Å²) >= 11 is 4.98. The molecule has 0 bridgehead atoms. The first-order valence-electron chi connectivity index (χ1n) is 12.2. The molecule has 0 saturated heterocycles. The Labute approximate surface area is 187 Å². The molecule has 168 valence electrons. The minimum atomic E-state index is -0.780. The summed E-state index contributed by atoms with van der Waals surface area (Å²) in [5.74, 6) is 1.36. The van der Waals surface area contributed by atoms with E-state index >= 15 is 0 Å². The van der Waals surface area contributed by atoms with Gasteiger partial charge in [0.15, 0.2) is 0 Å². The van der Waals surface area contributed by atoms with Gasteiger partial charge in [0.05, 0.1) is 12.0 Å². The number of allylic oxidation sites excluding steroid dienone is 4. The molecule has 0 heterocycles. The summed E-state index contributed by atoms with van der Waals surface area (Å²) in [5.41, 5.74) is 3.36. The topological polar surface area (TPSA) is 57.5 Å². The van der Waals surface area contributed by atoms with Crippen molar-refractivity contribution in [2.45, 2.75) is 91.1 Å². The van der Waals surface area contributed by atoms with Crippen LogP contribution in [0.4, 0.5) is 0 Å². The fraction of sp³-hybridized carbons (Fsp3) is 0.808. The van der Waals surface area contributed by atoms with Crippen molar-refractivity contribution in [3.8, 4) is 0 Å². The summed E-state index contributed by atoms with van der Waals surface area (Å²) in [6.45, 7) is 6.86. The SMILES string of the molecule is CC(C)=CCC/C(S)=C1/CC[C@@]2(C)C1CC[C@@H]1C2CCC2[C@@H](C(=O)O)[C@@H](O)CC[C@@H]21. The Balaban J connectivity index is 1.53. The monoisotopic (exact) mass is 432 g/mol. The molecule has 30 heavy (non-hydrogen) atoms. The molecule has 3 unspecified atom stereocenters. The first-order chi connectivity index (χ1) is 14.2. The second kappa shape index (κ2) is 8.65. The second-order valence-corrected chi connectivity index (χ2v) is 11.7. The Morgan fingerprint density at radius 2 is 1.80 bits per heavy atom. The average molecular weight is 433 g/mol. The number of carbonyl (C=O) groups is 1. The number of aliphatic carboxylic acids is 1. The number of rotatable bonds is 4. The molecule has 0 radical (unpaired) electrons. The van der Waals surface area contributed by atoms with Gasteiger partial charge in [-0.05, 0) is 118 Å². The summed E-state index contributed by atoms with van der Waals surface area (Å²) in [6.07, 6.45) is 12.6. The number of hydrogen-bond donors (Lipinski definition) is 3. The molecule has 8 atom stereocenters. The lowest BCUT2D eigenvalue weighted by Gasteiger charge is -2.57. The lowest BCUT2D eigenvalue weighted by atomic mass is 9.47. The van der Waals surface area contributed by atoms with Crippen molar-refractivity contribution in [1.82, 2.24) is 0 Å². The van der Waals surface area contributed by atoms with Gasteiger partial charge in [0, 0.05) is 0 Å². The minimum Gasteiger partial charge on any atom is -0.481 e. The fourth-order valence-corrected chi connectivity index (χ4v) is 8.56. The van der Waals surface area contributed by atoms with E-state index < -0.39 is 18.0 Å². The van der Waals surface area contributed by atoms with Crippen LogP contribution >= 0.6 is 12.6 Å². The smallest absolute Gasteiger partial charge is 0.309 e. The lowest BCUT2D eigenvalue weighted by Crippen LogP contribution is -2.53. The summed E-state index contributed by atoms with van der Waals surface area (Å²) in [4.78, 5) is 13.2. The van der Waals surface area contributed by atoms with Gasteiger partial charge in [-0.2, -0.15) is 0 Å². The molecule has 0 aromatic heterocycles. The summed E-state index contributed by atoms with van der Waals surface area (Å²) < 4.78 is 0. The highest BCUT2D eigenvalue weighted by molar-refractivity contribution is 7.84. The molecule has 0 aromatic carbocycles. The van der Waals surface area contributed by atoms with E-state index in [0.717, 1.165) is 32.1 Å². The normalized spacial score (nSPS) is 44.5. The predicted molar refractivity (Wildman–Crippen MR) is 124 cm³/mol. The number of aliphatic hydroxyl groups is 1. The van der Waals surface area contributed by atoms with Crippen LogP contribution in [0.15, 0.2) is 22.1 Å². The third-order valence-electron chi connectivity index (χ3n) is 9.47. The van der Waals surface area contributed by atoms with Crippen LogP contribution in [0.2, 0.25) is 0 Å². The zero-order valence-electron chi connectivity index (χ0n) is 18.9. The summed E-state index contributed by atoms with van der Waals surface area (Å²) in [6, 6.07) is 0. The van der Waals surface area contributed by atoms with E-state index in [0.29, 0.717) is 35.5 Å². The standard InChI is InChI=1S/C26H40O3S/c1-15(2)5-4-6-23(30)19-13-14-26(3)20-11-8-18-16(17(20)7-10-21(19)26)9-12-22(27)24(18)25(28)29/h5,16-18,20-22,24,27,30H,4,6-14H2,1-3H3,(H,28,29)/b23-19+/t16-,17+,18?,20?,21?,22+,24-,26-/m1/s1. The van der Waals surface area contributed by atoms with E-state index in [1.807, 2.05) is 0 Å². The molecule has 4 rings (SSSR count). The molecule has 0 spiro atoms. The van der Waals surface area contributed by atoms with Crippen molar-refractivity contribution >= 4 is 18.6 Å². The van der Waals surface area contributed by atoms with E-state index in [-0.39, 0.29) is 5.92 Å². The number of hydrogen-bond acceptors (Lipinski definition) is 3.